The molecule has 0 amide bonds. The van der Waals surface area contributed by atoms with E-state index in [0.29, 0.717) is 0 Å². The van der Waals surface area contributed by atoms with Crippen LogP contribution in [0, 0.1) is 23.3 Å². The zero-order chi connectivity index (χ0) is 12.6. The fraction of sp³-hybridized carbons (Fsp3) is 0.400. The molecule has 0 aliphatic heterocycles. The van der Waals surface area contributed by atoms with Gasteiger partial charge in [0.15, 0.2) is 23.3 Å². The van der Waals surface area contributed by atoms with Crippen molar-refractivity contribution in [1.82, 2.24) is 0 Å². The molecule has 16 heavy (non-hydrogen) atoms. The van der Waals surface area contributed by atoms with E-state index in [0.717, 1.165) is 9.80 Å². The van der Waals surface area contributed by atoms with Gasteiger partial charge in [0.05, 0.1) is 0 Å². The molecular weight excluding hydrogens is 224 g/mol. The Morgan fingerprint density at radius 2 is 0.750 bits per heavy atom. The summed E-state index contributed by atoms with van der Waals surface area (Å²) in [7, 11) is 5.21. The zero-order valence-electron chi connectivity index (χ0n) is 9.41. The summed E-state index contributed by atoms with van der Waals surface area (Å²) in [6, 6.07) is 0. The molecular formula is C10H12F4N2. The molecule has 0 saturated carbocycles. The minimum Gasteiger partial charge on any atom is -0.373 e. The zero-order valence-corrected chi connectivity index (χ0v) is 9.41. The summed E-state index contributed by atoms with van der Waals surface area (Å²) >= 11 is 0. The van der Waals surface area contributed by atoms with Gasteiger partial charge >= 0.3 is 0 Å². The van der Waals surface area contributed by atoms with Crippen molar-refractivity contribution in [3.8, 4) is 0 Å². The van der Waals surface area contributed by atoms with Crippen LogP contribution in [0.2, 0.25) is 0 Å². The summed E-state index contributed by atoms with van der Waals surface area (Å²) in [4.78, 5) is 1.96. The van der Waals surface area contributed by atoms with Crippen molar-refractivity contribution in [2.24, 2.45) is 0 Å². The average molecular weight is 236 g/mol. The summed E-state index contributed by atoms with van der Waals surface area (Å²) in [5.41, 5.74) is -1.44. The summed E-state index contributed by atoms with van der Waals surface area (Å²) in [6.45, 7) is 0. The third kappa shape index (κ3) is 1.79. The topological polar surface area (TPSA) is 6.48 Å². The van der Waals surface area contributed by atoms with Crippen LogP contribution in [0.3, 0.4) is 0 Å². The maximum Gasteiger partial charge on any atom is 0.187 e. The maximum atomic E-state index is 13.5. The number of hydrogen-bond acceptors (Lipinski definition) is 2. The van der Waals surface area contributed by atoms with Crippen molar-refractivity contribution in [2.75, 3.05) is 38.0 Å². The van der Waals surface area contributed by atoms with Crippen molar-refractivity contribution in [1.29, 1.82) is 0 Å². The Morgan fingerprint density at radius 3 is 0.875 bits per heavy atom. The Hall–Kier alpha value is -1.46. The van der Waals surface area contributed by atoms with Gasteiger partial charge in [-0.05, 0) is 0 Å². The number of anilines is 2. The number of nitrogens with zero attached hydrogens (tertiary/aromatic N) is 2. The highest BCUT2D eigenvalue weighted by Gasteiger charge is 2.27. The molecule has 0 saturated heterocycles. The molecule has 0 bridgehead atoms. The molecule has 0 radical (unpaired) electrons. The van der Waals surface area contributed by atoms with Crippen molar-refractivity contribution in [3.63, 3.8) is 0 Å². The van der Waals surface area contributed by atoms with E-state index in [4.69, 9.17) is 0 Å². The van der Waals surface area contributed by atoms with E-state index in [9.17, 15) is 17.6 Å². The third-order valence-electron chi connectivity index (χ3n) is 2.11. The molecule has 0 heterocycles. The second-order valence-electron chi connectivity index (χ2n) is 3.74. The van der Waals surface area contributed by atoms with Crippen LogP contribution in [-0.4, -0.2) is 28.2 Å². The Labute approximate surface area is 91.1 Å². The molecule has 0 unspecified atom stereocenters. The molecule has 0 atom stereocenters. The van der Waals surface area contributed by atoms with Gasteiger partial charge in [0, 0.05) is 28.2 Å². The van der Waals surface area contributed by atoms with Crippen LogP contribution in [0.5, 0.6) is 0 Å². The minimum absolute atomic E-state index is 0.722. The van der Waals surface area contributed by atoms with Gasteiger partial charge < -0.3 is 9.80 Å². The molecule has 2 nitrogen and oxygen atoms in total. The molecule has 1 aromatic rings. The molecule has 0 spiro atoms. The highest BCUT2D eigenvalue weighted by molar-refractivity contribution is 5.59. The van der Waals surface area contributed by atoms with Crippen LogP contribution in [0.4, 0.5) is 28.9 Å². The number of halogens is 4. The molecule has 1 aromatic carbocycles. The van der Waals surface area contributed by atoms with Gasteiger partial charge in [-0.1, -0.05) is 0 Å². The van der Waals surface area contributed by atoms with E-state index in [2.05, 4.69) is 0 Å². The first kappa shape index (κ1) is 12.6. The molecule has 0 N–H and O–H groups in total. The quantitative estimate of drug-likeness (QED) is 0.574. The Bertz CT molecular complexity index is 348. The highest BCUT2D eigenvalue weighted by atomic mass is 19.2. The number of hydrogen-bond donors (Lipinski definition) is 0. The minimum atomic E-state index is -1.40. The first-order chi connectivity index (χ1) is 7.29. The van der Waals surface area contributed by atoms with Crippen LogP contribution < -0.4 is 9.80 Å². The molecule has 0 aromatic heterocycles. The largest absolute Gasteiger partial charge is 0.373 e. The van der Waals surface area contributed by atoms with Crippen molar-refractivity contribution in [3.05, 3.63) is 23.3 Å². The lowest BCUT2D eigenvalue weighted by Crippen LogP contribution is -2.20. The Balaban J connectivity index is 3.63. The molecule has 1 rings (SSSR count). The standard InChI is InChI=1S/C10H12F4N2/c1-15(2)9-5(11)7(13)10(16(3)4)8(14)6(9)12/h1-4H3. The van der Waals surface area contributed by atoms with Gasteiger partial charge in [0.25, 0.3) is 0 Å². The van der Waals surface area contributed by atoms with Crippen LogP contribution >= 0.6 is 0 Å². The van der Waals surface area contributed by atoms with Crippen molar-refractivity contribution < 1.29 is 17.6 Å². The van der Waals surface area contributed by atoms with Gasteiger partial charge in [0.1, 0.15) is 11.4 Å². The molecule has 0 aliphatic rings. The van der Waals surface area contributed by atoms with Gasteiger partial charge in [-0.3, -0.25) is 0 Å². The molecule has 6 heteroatoms. The predicted molar refractivity (Wildman–Crippen MR) is 54.9 cm³/mol. The fourth-order valence-corrected chi connectivity index (χ4v) is 1.39. The van der Waals surface area contributed by atoms with Gasteiger partial charge in [0.2, 0.25) is 0 Å². The lowest BCUT2D eigenvalue weighted by molar-refractivity contribution is 0.456. The number of rotatable bonds is 2. The van der Waals surface area contributed by atoms with Crippen LogP contribution in [0.25, 0.3) is 0 Å². The number of benzene rings is 1. The van der Waals surface area contributed by atoms with Crippen LogP contribution in [-0.2, 0) is 0 Å². The average Bonchev–Trinajstić information content (AvgIpc) is 2.14. The van der Waals surface area contributed by atoms with E-state index in [1.54, 1.807) is 0 Å². The second kappa shape index (κ2) is 4.19. The molecule has 90 valence electrons. The van der Waals surface area contributed by atoms with Crippen molar-refractivity contribution >= 4 is 11.4 Å². The molecule has 0 fully saturated rings. The van der Waals surface area contributed by atoms with Gasteiger partial charge in [-0.25, -0.2) is 17.6 Å². The molecule has 0 aliphatic carbocycles. The lowest BCUT2D eigenvalue weighted by atomic mass is 10.2. The fourth-order valence-electron chi connectivity index (χ4n) is 1.39. The van der Waals surface area contributed by atoms with E-state index >= 15 is 0 Å². The first-order valence-corrected chi connectivity index (χ1v) is 4.49. The second-order valence-corrected chi connectivity index (χ2v) is 3.74. The van der Waals surface area contributed by atoms with Gasteiger partial charge in [-0.15, -0.1) is 0 Å². The predicted octanol–water partition coefficient (Wildman–Crippen LogP) is 2.38. The third-order valence-corrected chi connectivity index (χ3v) is 2.11. The summed E-state index contributed by atoms with van der Waals surface area (Å²) in [5, 5.41) is 0. The Kier molecular flexibility index (Phi) is 3.30. The van der Waals surface area contributed by atoms with E-state index in [1.807, 2.05) is 0 Å². The maximum absolute atomic E-state index is 13.5. The summed E-state index contributed by atoms with van der Waals surface area (Å²) in [6.07, 6.45) is 0. The first-order valence-electron chi connectivity index (χ1n) is 4.49. The highest BCUT2D eigenvalue weighted by Crippen LogP contribution is 2.33. The summed E-state index contributed by atoms with van der Waals surface area (Å²) in [5.74, 6) is -5.58. The van der Waals surface area contributed by atoms with Crippen molar-refractivity contribution in [2.45, 2.75) is 0 Å². The van der Waals surface area contributed by atoms with Crippen LogP contribution in [0.15, 0.2) is 0 Å². The van der Waals surface area contributed by atoms with E-state index in [-0.39, 0.29) is 0 Å². The van der Waals surface area contributed by atoms with Crippen LogP contribution in [0.1, 0.15) is 0 Å². The smallest absolute Gasteiger partial charge is 0.187 e. The SMILES string of the molecule is CN(C)c1c(F)c(F)c(N(C)C)c(F)c1F. The van der Waals surface area contributed by atoms with E-state index < -0.39 is 34.6 Å². The summed E-state index contributed by atoms with van der Waals surface area (Å²) < 4.78 is 53.9. The van der Waals surface area contributed by atoms with Gasteiger partial charge in [-0.2, -0.15) is 0 Å². The monoisotopic (exact) mass is 236 g/mol. The van der Waals surface area contributed by atoms with E-state index in [1.165, 1.54) is 28.2 Å². The lowest BCUT2D eigenvalue weighted by Gasteiger charge is -2.20. The Morgan fingerprint density at radius 1 is 0.562 bits per heavy atom. The normalized spacial score (nSPS) is 10.5.